The lowest BCUT2D eigenvalue weighted by molar-refractivity contribution is -0.274. The molecule has 0 fully saturated rings. The van der Waals surface area contributed by atoms with Crippen LogP contribution in [0.4, 0.5) is 13.2 Å². The number of aryl methyl sites for hydroxylation is 2. The van der Waals surface area contributed by atoms with Crippen molar-refractivity contribution in [3.63, 3.8) is 0 Å². The van der Waals surface area contributed by atoms with Crippen LogP contribution in [-0.4, -0.2) is 22.2 Å². The molecule has 2 aromatic carbocycles. The SMILES string of the molecule is Cc1ccc2nc(CNC(=O)CCc3ccc(OC(F)(F)F)cc3)[nH]c2c1. The molecule has 0 atom stereocenters. The van der Waals surface area contributed by atoms with E-state index in [0.29, 0.717) is 12.2 Å². The normalized spacial score (nSPS) is 11.6. The standard InChI is InChI=1S/C19H18F3N3O2/c1-12-2-8-15-16(10-12)25-17(24-15)11-23-18(26)9-5-13-3-6-14(7-4-13)27-19(20,21)22/h2-4,6-8,10H,5,9,11H2,1H3,(H,23,26)(H,24,25). The summed E-state index contributed by atoms with van der Waals surface area (Å²) in [5.41, 5.74) is 3.62. The van der Waals surface area contributed by atoms with Crippen molar-refractivity contribution in [3.8, 4) is 5.75 Å². The van der Waals surface area contributed by atoms with Gasteiger partial charge < -0.3 is 15.0 Å². The van der Waals surface area contributed by atoms with Gasteiger partial charge in [0.1, 0.15) is 11.6 Å². The summed E-state index contributed by atoms with van der Waals surface area (Å²) in [6.07, 6.45) is -4.08. The molecule has 2 N–H and O–H groups in total. The second kappa shape index (κ2) is 7.69. The van der Waals surface area contributed by atoms with Crippen LogP contribution in [0.15, 0.2) is 42.5 Å². The van der Waals surface area contributed by atoms with Crippen molar-refractivity contribution in [1.82, 2.24) is 15.3 Å². The van der Waals surface area contributed by atoms with Gasteiger partial charge in [-0.05, 0) is 48.7 Å². The first-order chi connectivity index (χ1) is 12.8. The number of amides is 1. The molecule has 8 heteroatoms. The van der Waals surface area contributed by atoms with Crippen molar-refractivity contribution in [3.05, 3.63) is 59.4 Å². The molecule has 0 spiro atoms. The highest BCUT2D eigenvalue weighted by Gasteiger charge is 2.30. The number of imidazole rings is 1. The van der Waals surface area contributed by atoms with Crippen LogP contribution in [0, 0.1) is 6.92 Å². The number of fused-ring (bicyclic) bond motifs is 1. The topological polar surface area (TPSA) is 67.0 Å². The van der Waals surface area contributed by atoms with E-state index in [9.17, 15) is 18.0 Å². The van der Waals surface area contributed by atoms with Crippen LogP contribution in [-0.2, 0) is 17.8 Å². The Hall–Kier alpha value is -3.03. The first-order valence-electron chi connectivity index (χ1n) is 8.35. The fourth-order valence-electron chi connectivity index (χ4n) is 2.65. The van der Waals surface area contributed by atoms with Crippen LogP contribution in [0.3, 0.4) is 0 Å². The highest BCUT2D eigenvalue weighted by molar-refractivity contribution is 5.77. The second-order valence-corrected chi connectivity index (χ2v) is 6.17. The largest absolute Gasteiger partial charge is 0.573 e. The maximum atomic E-state index is 12.1. The van der Waals surface area contributed by atoms with Gasteiger partial charge in [-0.25, -0.2) is 4.98 Å². The molecule has 3 aromatic rings. The van der Waals surface area contributed by atoms with Gasteiger partial charge >= 0.3 is 6.36 Å². The molecule has 0 aliphatic heterocycles. The quantitative estimate of drug-likeness (QED) is 0.682. The van der Waals surface area contributed by atoms with Crippen molar-refractivity contribution in [2.24, 2.45) is 0 Å². The van der Waals surface area contributed by atoms with E-state index < -0.39 is 6.36 Å². The summed E-state index contributed by atoms with van der Waals surface area (Å²) >= 11 is 0. The smallest absolute Gasteiger partial charge is 0.406 e. The molecule has 27 heavy (non-hydrogen) atoms. The van der Waals surface area contributed by atoms with E-state index in [1.807, 2.05) is 25.1 Å². The van der Waals surface area contributed by atoms with Crippen molar-refractivity contribution in [2.75, 3.05) is 0 Å². The Bertz CT molecular complexity index is 934. The number of carbonyl (C=O) groups is 1. The highest BCUT2D eigenvalue weighted by Crippen LogP contribution is 2.23. The maximum absolute atomic E-state index is 12.1. The minimum atomic E-state index is -4.71. The van der Waals surface area contributed by atoms with Crippen LogP contribution in [0.5, 0.6) is 5.75 Å². The molecule has 3 rings (SSSR count). The molecule has 0 aliphatic carbocycles. The molecule has 0 saturated carbocycles. The van der Waals surface area contributed by atoms with Gasteiger partial charge in [-0.3, -0.25) is 4.79 Å². The number of benzene rings is 2. The van der Waals surface area contributed by atoms with Crippen molar-refractivity contribution >= 4 is 16.9 Å². The number of alkyl halides is 3. The minimum Gasteiger partial charge on any atom is -0.406 e. The Morgan fingerprint density at radius 2 is 1.93 bits per heavy atom. The molecular weight excluding hydrogens is 359 g/mol. The van der Waals surface area contributed by atoms with Crippen LogP contribution < -0.4 is 10.1 Å². The first kappa shape index (κ1) is 18.8. The van der Waals surface area contributed by atoms with Crippen molar-refractivity contribution in [1.29, 1.82) is 0 Å². The van der Waals surface area contributed by atoms with E-state index in [0.717, 1.165) is 22.2 Å². The average molecular weight is 377 g/mol. The molecule has 0 aliphatic rings. The second-order valence-electron chi connectivity index (χ2n) is 6.17. The highest BCUT2D eigenvalue weighted by atomic mass is 19.4. The molecule has 0 saturated heterocycles. The number of hydrogen-bond acceptors (Lipinski definition) is 3. The summed E-state index contributed by atoms with van der Waals surface area (Å²) in [5.74, 6) is 0.218. The van der Waals surface area contributed by atoms with E-state index in [1.165, 1.54) is 24.3 Å². The Labute approximate surface area is 153 Å². The summed E-state index contributed by atoms with van der Waals surface area (Å²) in [4.78, 5) is 19.6. The third kappa shape index (κ3) is 5.47. The van der Waals surface area contributed by atoms with Crippen LogP contribution in [0.2, 0.25) is 0 Å². The molecule has 1 aromatic heterocycles. The minimum absolute atomic E-state index is 0.165. The Morgan fingerprint density at radius 1 is 1.19 bits per heavy atom. The molecule has 0 unspecified atom stereocenters. The monoisotopic (exact) mass is 377 g/mol. The van der Waals surface area contributed by atoms with Crippen molar-refractivity contribution < 1.29 is 22.7 Å². The lowest BCUT2D eigenvalue weighted by Gasteiger charge is -2.09. The first-order valence-corrected chi connectivity index (χ1v) is 8.35. The van der Waals surface area contributed by atoms with Gasteiger partial charge in [0.05, 0.1) is 17.6 Å². The molecular formula is C19H18F3N3O2. The van der Waals surface area contributed by atoms with E-state index in [4.69, 9.17) is 0 Å². The Balaban J connectivity index is 1.47. The van der Waals surface area contributed by atoms with E-state index >= 15 is 0 Å². The number of H-pyrrole nitrogens is 1. The van der Waals surface area contributed by atoms with Gasteiger partial charge in [0, 0.05) is 6.42 Å². The summed E-state index contributed by atoms with van der Waals surface area (Å²) in [7, 11) is 0. The van der Waals surface area contributed by atoms with Gasteiger partial charge in [0.25, 0.3) is 0 Å². The van der Waals surface area contributed by atoms with Crippen LogP contribution >= 0.6 is 0 Å². The van der Waals surface area contributed by atoms with Gasteiger partial charge in [-0.2, -0.15) is 0 Å². The fourth-order valence-corrected chi connectivity index (χ4v) is 2.65. The lowest BCUT2D eigenvalue weighted by atomic mass is 10.1. The summed E-state index contributed by atoms with van der Waals surface area (Å²) in [6.45, 7) is 2.27. The molecule has 5 nitrogen and oxygen atoms in total. The number of ether oxygens (including phenoxy) is 1. The number of nitrogens with one attached hydrogen (secondary N) is 2. The van der Waals surface area contributed by atoms with E-state index in [1.54, 1.807) is 0 Å². The number of aromatic nitrogens is 2. The van der Waals surface area contributed by atoms with Crippen molar-refractivity contribution in [2.45, 2.75) is 32.7 Å². The fraction of sp³-hybridized carbons (Fsp3) is 0.263. The molecule has 0 bridgehead atoms. The molecule has 1 amide bonds. The van der Waals surface area contributed by atoms with E-state index in [-0.39, 0.29) is 24.6 Å². The Morgan fingerprint density at radius 3 is 2.63 bits per heavy atom. The zero-order chi connectivity index (χ0) is 19.4. The number of hydrogen-bond donors (Lipinski definition) is 2. The van der Waals surface area contributed by atoms with Gasteiger partial charge in [0.2, 0.25) is 5.91 Å². The third-order valence-electron chi connectivity index (χ3n) is 3.94. The van der Waals surface area contributed by atoms with E-state index in [2.05, 4.69) is 20.0 Å². The Kier molecular flexibility index (Phi) is 5.34. The average Bonchev–Trinajstić information content (AvgIpc) is 3.00. The van der Waals surface area contributed by atoms with Crippen LogP contribution in [0.25, 0.3) is 11.0 Å². The number of aromatic amines is 1. The maximum Gasteiger partial charge on any atom is 0.573 e. The number of carbonyl (C=O) groups excluding carboxylic acids is 1. The van der Waals surface area contributed by atoms with Crippen LogP contribution in [0.1, 0.15) is 23.4 Å². The number of nitrogens with zero attached hydrogens (tertiary/aromatic N) is 1. The molecule has 0 radical (unpaired) electrons. The summed E-state index contributed by atoms with van der Waals surface area (Å²) < 4.78 is 40.2. The zero-order valence-electron chi connectivity index (χ0n) is 14.6. The number of halogens is 3. The van der Waals surface area contributed by atoms with Gasteiger partial charge in [0.15, 0.2) is 0 Å². The molecule has 142 valence electrons. The predicted molar refractivity (Wildman–Crippen MR) is 94.1 cm³/mol. The molecule has 1 heterocycles. The summed E-state index contributed by atoms with van der Waals surface area (Å²) in [5, 5.41) is 2.78. The van der Waals surface area contributed by atoms with Gasteiger partial charge in [-0.15, -0.1) is 13.2 Å². The predicted octanol–water partition coefficient (Wildman–Crippen LogP) is 4.02. The summed E-state index contributed by atoms with van der Waals surface area (Å²) in [6, 6.07) is 11.4. The number of rotatable bonds is 6. The zero-order valence-corrected chi connectivity index (χ0v) is 14.6. The third-order valence-corrected chi connectivity index (χ3v) is 3.94. The van der Waals surface area contributed by atoms with Gasteiger partial charge in [-0.1, -0.05) is 18.2 Å². The lowest BCUT2D eigenvalue weighted by Crippen LogP contribution is -2.23.